The number of hydrogen-bond donors (Lipinski definition) is 0. The van der Waals surface area contributed by atoms with Crippen molar-refractivity contribution in [2.24, 2.45) is 0 Å². The summed E-state index contributed by atoms with van der Waals surface area (Å²) >= 11 is 7.74. The Morgan fingerprint density at radius 1 is 1.09 bits per heavy atom. The van der Waals surface area contributed by atoms with Gasteiger partial charge in [-0.15, -0.1) is 0 Å². The van der Waals surface area contributed by atoms with Gasteiger partial charge in [0.2, 0.25) is 11.8 Å². The van der Waals surface area contributed by atoms with Gasteiger partial charge in [-0.2, -0.15) is 0 Å². The summed E-state index contributed by atoms with van der Waals surface area (Å²) in [7, 11) is 0. The highest BCUT2D eigenvalue weighted by atomic mass is 35.5. The number of hydrogen-bond acceptors (Lipinski definition) is 6. The van der Waals surface area contributed by atoms with E-state index in [2.05, 4.69) is 4.98 Å². The number of fused-ring (bicyclic) bond motifs is 1. The zero-order valence-corrected chi connectivity index (χ0v) is 19.8. The number of pyridine rings is 1. The molecule has 7 nitrogen and oxygen atoms in total. The summed E-state index contributed by atoms with van der Waals surface area (Å²) in [5.41, 5.74) is 3.12. The minimum atomic E-state index is -0.320. The number of benzene rings is 2. The van der Waals surface area contributed by atoms with Crippen molar-refractivity contribution in [3.63, 3.8) is 0 Å². The lowest BCUT2D eigenvalue weighted by Crippen LogP contribution is -2.32. The van der Waals surface area contributed by atoms with Crippen LogP contribution in [0.15, 0.2) is 60.8 Å². The minimum absolute atomic E-state index is 0.175. The fourth-order valence-corrected chi connectivity index (χ4v) is 5.20. The Kier molecular flexibility index (Phi) is 5.85. The van der Waals surface area contributed by atoms with Gasteiger partial charge in [-0.1, -0.05) is 41.1 Å². The van der Waals surface area contributed by atoms with Crippen molar-refractivity contribution >= 4 is 61.7 Å². The van der Waals surface area contributed by atoms with Gasteiger partial charge in [0, 0.05) is 24.6 Å². The van der Waals surface area contributed by atoms with Crippen LogP contribution < -0.4 is 9.80 Å². The molecule has 1 aliphatic heterocycles. The number of amides is 3. The topological polar surface area (TPSA) is 83.5 Å². The number of nitrogens with zero attached hydrogens (tertiary/aromatic N) is 4. The van der Waals surface area contributed by atoms with Gasteiger partial charge in [-0.05, 0) is 48.9 Å². The SMILES string of the molecule is Cc1ccc(Cl)c2sc(N(Cc3ccccn3)C(=O)c3cccc(N4C(=O)CCC4=O)c3)nc12. The quantitative estimate of drug-likeness (QED) is 0.361. The van der Waals surface area contributed by atoms with Crippen molar-refractivity contribution < 1.29 is 14.4 Å². The van der Waals surface area contributed by atoms with Crippen molar-refractivity contribution in [1.29, 1.82) is 0 Å². The zero-order chi connectivity index (χ0) is 23.8. The molecule has 0 N–H and O–H groups in total. The van der Waals surface area contributed by atoms with E-state index in [0.717, 1.165) is 20.7 Å². The van der Waals surface area contributed by atoms with E-state index < -0.39 is 0 Å². The van der Waals surface area contributed by atoms with Gasteiger partial charge < -0.3 is 0 Å². The molecule has 0 atom stereocenters. The molecule has 0 spiro atoms. The average molecular weight is 491 g/mol. The van der Waals surface area contributed by atoms with Gasteiger partial charge in [-0.25, -0.2) is 4.98 Å². The maximum absolute atomic E-state index is 13.8. The highest BCUT2D eigenvalue weighted by molar-refractivity contribution is 7.23. The Bertz CT molecular complexity index is 1380. The summed E-state index contributed by atoms with van der Waals surface area (Å²) in [6.45, 7) is 2.14. The highest BCUT2D eigenvalue weighted by Crippen LogP contribution is 2.37. The second-order valence-corrected chi connectivity index (χ2v) is 9.31. The number of carbonyl (C=O) groups is 3. The Morgan fingerprint density at radius 2 is 1.88 bits per heavy atom. The van der Waals surface area contributed by atoms with Crippen LogP contribution in [0.5, 0.6) is 0 Å². The van der Waals surface area contributed by atoms with Crippen molar-refractivity contribution in [2.75, 3.05) is 9.80 Å². The number of aromatic nitrogens is 2. The van der Waals surface area contributed by atoms with Crippen LogP contribution >= 0.6 is 22.9 Å². The first-order valence-electron chi connectivity index (χ1n) is 10.7. The van der Waals surface area contributed by atoms with E-state index in [1.165, 1.54) is 11.3 Å². The second kappa shape index (κ2) is 8.96. The molecule has 1 saturated heterocycles. The fourth-order valence-electron chi connectivity index (χ4n) is 3.88. The van der Waals surface area contributed by atoms with E-state index in [9.17, 15) is 14.4 Å². The first-order valence-corrected chi connectivity index (χ1v) is 11.8. The molecule has 0 radical (unpaired) electrons. The Labute approximate surface area is 204 Å². The lowest BCUT2D eigenvalue weighted by molar-refractivity contribution is -0.121. The molecular formula is C25H19ClN4O3S. The first kappa shape index (κ1) is 22.2. The molecule has 4 aromatic rings. The van der Waals surface area contributed by atoms with E-state index in [0.29, 0.717) is 27.1 Å². The molecule has 2 aromatic heterocycles. The van der Waals surface area contributed by atoms with Crippen molar-refractivity contribution in [3.8, 4) is 0 Å². The van der Waals surface area contributed by atoms with Crippen LogP contribution in [0, 0.1) is 6.92 Å². The van der Waals surface area contributed by atoms with E-state index in [-0.39, 0.29) is 37.1 Å². The lowest BCUT2D eigenvalue weighted by atomic mass is 10.1. The summed E-state index contributed by atoms with van der Waals surface area (Å²) in [6.07, 6.45) is 2.02. The van der Waals surface area contributed by atoms with Gasteiger partial charge >= 0.3 is 0 Å². The molecular weight excluding hydrogens is 472 g/mol. The Balaban J connectivity index is 1.57. The molecule has 3 amide bonds. The average Bonchev–Trinajstić information content (AvgIpc) is 3.44. The maximum atomic E-state index is 13.8. The van der Waals surface area contributed by atoms with Gasteiger partial charge in [0.1, 0.15) is 0 Å². The third-order valence-electron chi connectivity index (χ3n) is 5.61. The number of thiazole rings is 1. The summed E-state index contributed by atoms with van der Waals surface area (Å²) in [5, 5.41) is 1.06. The lowest BCUT2D eigenvalue weighted by Gasteiger charge is -2.21. The van der Waals surface area contributed by atoms with Gasteiger partial charge in [0.25, 0.3) is 5.91 Å². The highest BCUT2D eigenvalue weighted by Gasteiger charge is 2.31. The van der Waals surface area contributed by atoms with Gasteiger partial charge in [-0.3, -0.25) is 29.2 Å². The van der Waals surface area contributed by atoms with Crippen molar-refractivity contribution in [2.45, 2.75) is 26.3 Å². The predicted molar refractivity (Wildman–Crippen MR) is 132 cm³/mol. The summed E-state index contributed by atoms with van der Waals surface area (Å²) in [5.74, 6) is -0.855. The third kappa shape index (κ3) is 4.06. The largest absolute Gasteiger partial charge is 0.278 e. The van der Waals surface area contributed by atoms with E-state index >= 15 is 0 Å². The van der Waals surface area contributed by atoms with Crippen molar-refractivity contribution in [1.82, 2.24) is 9.97 Å². The minimum Gasteiger partial charge on any atom is -0.278 e. The summed E-state index contributed by atoms with van der Waals surface area (Å²) in [6, 6.07) is 15.8. The third-order valence-corrected chi connectivity index (χ3v) is 7.15. The standard InChI is InChI=1S/C25H19ClN4O3S/c1-15-8-9-19(26)23-22(15)28-25(34-23)29(14-17-6-2-3-12-27-17)24(33)16-5-4-7-18(13-16)30-20(31)10-11-21(30)32/h2-9,12-13H,10-11,14H2,1H3. The first-order chi connectivity index (χ1) is 16.4. The van der Waals surface area contributed by atoms with Crippen LogP contribution in [0.1, 0.15) is 34.5 Å². The van der Waals surface area contributed by atoms with Gasteiger partial charge in [0.15, 0.2) is 5.13 Å². The molecule has 0 saturated carbocycles. The van der Waals surface area contributed by atoms with Crippen LogP contribution in [-0.2, 0) is 16.1 Å². The fraction of sp³-hybridized carbons (Fsp3) is 0.160. The molecule has 5 rings (SSSR count). The zero-order valence-electron chi connectivity index (χ0n) is 18.2. The molecule has 0 aliphatic carbocycles. The molecule has 1 fully saturated rings. The van der Waals surface area contributed by atoms with Crippen LogP contribution in [0.25, 0.3) is 10.2 Å². The number of halogens is 1. The molecule has 0 bridgehead atoms. The smallest absolute Gasteiger partial charge is 0.260 e. The van der Waals surface area contributed by atoms with Crippen LogP contribution in [0.4, 0.5) is 10.8 Å². The molecule has 170 valence electrons. The normalized spacial score (nSPS) is 13.6. The predicted octanol–water partition coefficient (Wildman–Crippen LogP) is 5.15. The Morgan fingerprint density at radius 3 is 2.59 bits per heavy atom. The number of anilines is 2. The van der Waals surface area contributed by atoms with E-state index in [1.54, 1.807) is 35.4 Å². The molecule has 34 heavy (non-hydrogen) atoms. The van der Waals surface area contributed by atoms with Gasteiger partial charge in [0.05, 0.1) is 33.2 Å². The second-order valence-electron chi connectivity index (χ2n) is 7.92. The number of carbonyl (C=O) groups excluding carboxylic acids is 3. The monoisotopic (exact) mass is 490 g/mol. The maximum Gasteiger partial charge on any atom is 0.260 e. The number of aryl methyl sites for hydroxylation is 1. The van der Waals surface area contributed by atoms with E-state index in [1.807, 2.05) is 37.3 Å². The molecule has 0 unspecified atom stereocenters. The van der Waals surface area contributed by atoms with E-state index in [4.69, 9.17) is 16.6 Å². The summed E-state index contributed by atoms with van der Waals surface area (Å²) < 4.78 is 0.803. The summed E-state index contributed by atoms with van der Waals surface area (Å²) in [4.78, 5) is 50.0. The number of rotatable bonds is 5. The molecule has 9 heteroatoms. The van der Waals surface area contributed by atoms with Crippen LogP contribution in [0.2, 0.25) is 5.02 Å². The van der Waals surface area contributed by atoms with Crippen molar-refractivity contribution in [3.05, 3.63) is 82.6 Å². The van der Waals surface area contributed by atoms with Crippen LogP contribution in [0.3, 0.4) is 0 Å². The Hall–Kier alpha value is -3.62. The number of imide groups is 1. The van der Waals surface area contributed by atoms with Crippen LogP contribution in [-0.4, -0.2) is 27.7 Å². The molecule has 1 aliphatic rings. The molecule has 3 heterocycles. The molecule has 2 aromatic carbocycles.